The van der Waals surface area contributed by atoms with E-state index in [9.17, 15) is 4.79 Å². The number of rotatable bonds is 7. The van der Waals surface area contributed by atoms with Gasteiger partial charge in [-0.05, 0) is 44.4 Å². The first-order valence-electron chi connectivity index (χ1n) is 9.78. The molecule has 1 aliphatic heterocycles. The predicted molar refractivity (Wildman–Crippen MR) is 116 cm³/mol. The zero-order chi connectivity index (χ0) is 20.6. The Hall–Kier alpha value is -2.74. The summed E-state index contributed by atoms with van der Waals surface area (Å²) in [4.78, 5) is 23.4. The number of anilines is 3. The lowest BCUT2D eigenvalue weighted by molar-refractivity contribution is 0.252. The van der Waals surface area contributed by atoms with E-state index in [2.05, 4.69) is 30.8 Å². The zero-order valence-corrected chi connectivity index (χ0v) is 17.6. The predicted octanol–water partition coefficient (Wildman–Crippen LogP) is 3.67. The molecule has 3 rings (SSSR count). The molecule has 3 N–H and O–H groups in total. The summed E-state index contributed by atoms with van der Waals surface area (Å²) < 4.78 is 5.10. The van der Waals surface area contributed by atoms with Gasteiger partial charge in [0.25, 0.3) is 0 Å². The SMILES string of the molecule is COc1ccc(NC(=O)NCCNc2nc(C)cc(N3CCCCC3)n2)cc1Cl. The highest BCUT2D eigenvalue weighted by molar-refractivity contribution is 6.32. The van der Waals surface area contributed by atoms with Crippen molar-refractivity contribution < 1.29 is 9.53 Å². The van der Waals surface area contributed by atoms with Gasteiger partial charge < -0.3 is 25.6 Å². The molecule has 0 bridgehead atoms. The van der Waals surface area contributed by atoms with Crippen LogP contribution < -0.4 is 25.6 Å². The smallest absolute Gasteiger partial charge is 0.319 e. The lowest BCUT2D eigenvalue weighted by atomic mass is 10.1. The first-order valence-corrected chi connectivity index (χ1v) is 10.2. The highest BCUT2D eigenvalue weighted by Gasteiger charge is 2.13. The summed E-state index contributed by atoms with van der Waals surface area (Å²) in [6.07, 6.45) is 3.68. The van der Waals surface area contributed by atoms with E-state index in [0.717, 1.165) is 24.6 Å². The average molecular weight is 419 g/mol. The Kier molecular flexibility index (Phi) is 7.35. The van der Waals surface area contributed by atoms with E-state index in [0.29, 0.717) is 35.5 Å². The Labute approximate surface area is 176 Å². The molecule has 0 atom stereocenters. The molecule has 1 fully saturated rings. The summed E-state index contributed by atoms with van der Waals surface area (Å²) in [6.45, 7) is 4.97. The fourth-order valence-electron chi connectivity index (χ4n) is 3.19. The van der Waals surface area contributed by atoms with Crippen molar-refractivity contribution >= 4 is 35.1 Å². The molecule has 2 aromatic rings. The van der Waals surface area contributed by atoms with Crippen LogP contribution in [-0.4, -0.2) is 49.3 Å². The summed E-state index contributed by atoms with van der Waals surface area (Å²) >= 11 is 6.07. The first-order chi connectivity index (χ1) is 14.0. The van der Waals surface area contributed by atoms with Crippen LogP contribution in [-0.2, 0) is 0 Å². The number of aryl methyl sites for hydroxylation is 1. The van der Waals surface area contributed by atoms with E-state index in [4.69, 9.17) is 16.3 Å². The fourth-order valence-corrected chi connectivity index (χ4v) is 3.44. The third-order valence-electron chi connectivity index (χ3n) is 4.62. The molecule has 1 aliphatic rings. The molecule has 2 amide bonds. The van der Waals surface area contributed by atoms with Crippen LogP contribution >= 0.6 is 11.6 Å². The van der Waals surface area contributed by atoms with Gasteiger partial charge in [0, 0.05) is 43.6 Å². The molecule has 1 aromatic carbocycles. The van der Waals surface area contributed by atoms with Crippen LogP contribution in [0.5, 0.6) is 5.75 Å². The minimum atomic E-state index is -0.313. The summed E-state index contributed by atoms with van der Waals surface area (Å²) in [5.41, 5.74) is 1.51. The number of benzene rings is 1. The molecule has 0 aliphatic carbocycles. The molecule has 0 saturated carbocycles. The Morgan fingerprint density at radius 2 is 1.97 bits per heavy atom. The number of piperidine rings is 1. The third-order valence-corrected chi connectivity index (χ3v) is 4.92. The minimum Gasteiger partial charge on any atom is -0.495 e. The third kappa shape index (κ3) is 6.12. The van der Waals surface area contributed by atoms with Crippen molar-refractivity contribution in [3.8, 4) is 5.75 Å². The van der Waals surface area contributed by atoms with Crippen molar-refractivity contribution in [1.29, 1.82) is 0 Å². The summed E-state index contributed by atoms with van der Waals surface area (Å²) in [6, 6.07) is 6.77. The normalized spacial score (nSPS) is 13.7. The van der Waals surface area contributed by atoms with Crippen molar-refractivity contribution in [3.63, 3.8) is 0 Å². The zero-order valence-electron chi connectivity index (χ0n) is 16.8. The average Bonchev–Trinajstić information content (AvgIpc) is 2.72. The van der Waals surface area contributed by atoms with Gasteiger partial charge in [-0.2, -0.15) is 4.98 Å². The van der Waals surface area contributed by atoms with Crippen molar-refractivity contribution in [2.45, 2.75) is 26.2 Å². The maximum absolute atomic E-state index is 12.0. The lowest BCUT2D eigenvalue weighted by Gasteiger charge is -2.28. The van der Waals surface area contributed by atoms with Crippen LogP contribution in [0.15, 0.2) is 24.3 Å². The number of carbonyl (C=O) groups is 1. The quantitative estimate of drug-likeness (QED) is 0.594. The Bertz CT molecular complexity index is 842. The van der Waals surface area contributed by atoms with Gasteiger partial charge in [0.1, 0.15) is 11.6 Å². The number of nitrogens with one attached hydrogen (secondary N) is 3. The molecule has 156 valence electrons. The largest absolute Gasteiger partial charge is 0.495 e. The van der Waals surface area contributed by atoms with Gasteiger partial charge in [0.2, 0.25) is 5.95 Å². The standard InChI is InChI=1S/C20H27ClN6O2/c1-14-12-18(27-10-4-3-5-11-27)26-19(24-14)22-8-9-23-20(28)25-15-6-7-17(29-2)16(21)13-15/h6-7,12-13H,3-5,8-11H2,1-2H3,(H,22,24,26)(H2,23,25,28). The fraction of sp³-hybridized carbons (Fsp3) is 0.450. The number of hydrogen-bond acceptors (Lipinski definition) is 6. The molecular formula is C20H27ClN6O2. The highest BCUT2D eigenvalue weighted by Crippen LogP contribution is 2.27. The molecule has 0 radical (unpaired) electrons. The first kappa shape index (κ1) is 21.0. The van der Waals surface area contributed by atoms with Crippen LogP contribution in [0.3, 0.4) is 0 Å². The monoisotopic (exact) mass is 418 g/mol. The lowest BCUT2D eigenvalue weighted by Crippen LogP contribution is -2.33. The number of nitrogens with zero attached hydrogens (tertiary/aromatic N) is 3. The Morgan fingerprint density at radius 1 is 1.17 bits per heavy atom. The van der Waals surface area contributed by atoms with E-state index in [1.807, 2.05) is 13.0 Å². The Morgan fingerprint density at radius 3 is 2.69 bits per heavy atom. The number of ether oxygens (including phenoxy) is 1. The molecule has 9 heteroatoms. The van der Waals surface area contributed by atoms with Gasteiger partial charge in [-0.3, -0.25) is 0 Å². The molecule has 2 heterocycles. The molecule has 0 spiro atoms. The maximum atomic E-state index is 12.0. The van der Waals surface area contributed by atoms with E-state index in [-0.39, 0.29) is 6.03 Å². The number of urea groups is 1. The number of halogens is 1. The van der Waals surface area contributed by atoms with Crippen LogP contribution in [0.4, 0.5) is 22.2 Å². The van der Waals surface area contributed by atoms with Crippen molar-refractivity contribution in [2.75, 3.05) is 48.8 Å². The van der Waals surface area contributed by atoms with Gasteiger partial charge in [0.05, 0.1) is 12.1 Å². The van der Waals surface area contributed by atoms with Gasteiger partial charge >= 0.3 is 6.03 Å². The van der Waals surface area contributed by atoms with Crippen LogP contribution in [0, 0.1) is 6.92 Å². The van der Waals surface area contributed by atoms with Crippen molar-refractivity contribution in [1.82, 2.24) is 15.3 Å². The van der Waals surface area contributed by atoms with E-state index in [1.165, 1.54) is 19.3 Å². The number of aromatic nitrogens is 2. The number of methoxy groups -OCH3 is 1. The molecular weight excluding hydrogens is 392 g/mol. The molecule has 29 heavy (non-hydrogen) atoms. The number of hydrogen-bond donors (Lipinski definition) is 3. The topological polar surface area (TPSA) is 91.4 Å². The highest BCUT2D eigenvalue weighted by atomic mass is 35.5. The molecule has 1 saturated heterocycles. The second kappa shape index (κ2) is 10.2. The summed E-state index contributed by atoms with van der Waals surface area (Å²) in [5.74, 6) is 2.10. The second-order valence-corrected chi connectivity index (χ2v) is 7.30. The number of amides is 2. The van der Waals surface area contributed by atoms with Crippen molar-refractivity contribution in [2.24, 2.45) is 0 Å². The van der Waals surface area contributed by atoms with Crippen molar-refractivity contribution in [3.05, 3.63) is 35.0 Å². The van der Waals surface area contributed by atoms with Gasteiger partial charge in [0.15, 0.2) is 0 Å². The van der Waals surface area contributed by atoms with E-state index < -0.39 is 0 Å². The van der Waals surface area contributed by atoms with Crippen LogP contribution in [0.1, 0.15) is 25.0 Å². The van der Waals surface area contributed by atoms with Gasteiger partial charge in [-0.15, -0.1) is 0 Å². The Balaban J connectivity index is 1.45. The van der Waals surface area contributed by atoms with E-state index >= 15 is 0 Å². The summed E-state index contributed by atoms with van der Waals surface area (Å²) in [5, 5.41) is 9.14. The molecule has 8 nitrogen and oxygen atoms in total. The maximum Gasteiger partial charge on any atom is 0.319 e. The number of carbonyl (C=O) groups excluding carboxylic acids is 1. The van der Waals surface area contributed by atoms with E-state index in [1.54, 1.807) is 25.3 Å². The van der Waals surface area contributed by atoms with Gasteiger partial charge in [-0.1, -0.05) is 11.6 Å². The van der Waals surface area contributed by atoms with Crippen LogP contribution in [0.2, 0.25) is 5.02 Å². The summed E-state index contributed by atoms with van der Waals surface area (Å²) in [7, 11) is 1.54. The van der Waals surface area contributed by atoms with Gasteiger partial charge in [-0.25, -0.2) is 9.78 Å². The minimum absolute atomic E-state index is 0.313. The van der Waals surface area contributed by atoms with Crippen LogP contribution in [0.25, 0.3) is 0 Å². The second-order valence-electron chi connectivity index (χ2n) is 6.90. The molecule has 0 unspecified atom stereocenters. The molecule has 1 aromatic heterocycles.